The molecule has 0 unspecified atom stereocenters. The molecular weight excluding hydrogens is 259 g/mol. The number of nitrogens with two attached hydrogens (primary N) is 1. The average molecular weight is 269 g/mol. The summed E-state index contributed by atoms with van der Waals surface area (Å²) in [5.41, 5.74) is 6.37. The second-order valence-corrected chi connectivity index (χ2v) is 4.06. The smallest absolute Gasteiger partial charge is 0.276 e. The fourth-order valence-corrected chi connectivity index (χ4v) is 1.61. The van der Waals surface area contributed by atoms with Gasteiger partial charge < -0.3 is 11.1 Å². The summed E-state index contributed by atoms with van der Waals surface area (Å²) in [6, 6.07) is 3.99. The first-order chi connectivity index (χ1) is 8.49. The van der Waals surface area contributed by atoms with Crippen LogP contribution in [0.15, 0.2) is 24.4 Å². The number of carbonyl (C=O) groups is 1. The topological polar surface area (TPSA) is 72.9 Å². The first-order valence-electron chi connectivity index (χ1n) is 5.03. The summed E-state index contributed by atoms with van der Waals surface area (Å²) < 4.78 is 14.5. The quantitative estimate of drug-likeness (QED) is 0.875. The van der Waals surface area contributed by atoms with Gasteiger partial charge in [-0.15, -0.1) is 0 Å². The van der Waals surface area contributed by atoms with Gasteiger partial charge in [0.05, 0.1) is 16.9 Å². The molecule has 0 fully saturated rings. The van der Waals surface area contributed by atoms with E-state index in [9.17, 15) is 9.18 Å². The maximum atomic E-state index is 13.2. The standard InChI is InChI=1S/C11H10ClFN4O/c1-17-10(9(14)5-15-17)11(18)16-6-2-3-7(12)8(13)4-6/h2-5H,14H2,1H3,(H,16,18). The molecule has 1 heterocycles. The van der Waals surface area contributed by atoms with E-state index in [0.717, 1.165) is 6.07 Å². The van der Waals surface area contributed by atoms with Crippen LogP contribution in [0.1, 0.15) is 10.5 Å². The third kappa shape index (κ3) is 2.28. The summed E-state index contributed by atoms with van der Waals surface area (Å²) in [5, 5.41) is 6.36. The molecule has 0 saturated heterocycles. The summed E-state index contributed by atoms with van der Waals surface area (Å²) >= 11 is 5.55. The van der Waals surface area contributed by atoms with Crippen molar-refractivity contribution in [3.8, 4) is 0 Å². The molecule has 0 atom stereocenters. The van der Waals surface area contributed by atoms with Crippen LogP contribution in [0.3, 0.4) is 0 Å². The Hall–Kier alpha value is -2.08. The molecular formula is C11H10ClFN4O. The van der Waals surface area contributed by atoms with Crippen molar-refractivity contribution in [1.29, 1.82) is 0 Å². The Kier molecular flexibility index (Phi) is 3.20. The number of rotatable bonds is 2. The number of aryl methyl sites for hydroxylation is 1. The number of nitrogens with one attached hydrogen (secondary N) is 1. The third-order valence-corrected chi connectivity index (χ3v) is 2.67. The predicted octanol–water partition coefficient (Wildman–Crippen LogP) is 2.05. The van der Waals surface area contributed by atoms with Gasteiger partial charge >= 0.3 is 0 Å². The van der Waals surface area contributed by atoms with Gasteiger partial charge in [-0.25, -0.2) is 4.39 Å². The highest BCUT2D eigenvalue weighted by Crippen LogP contribution is 2.20. The van der Waals surface area contributed by atoms with Gasteiger partial charge in [-0.3, -0.25) is 9.48 Å². The molecule has 0 radical (unpaired) electrons. The highest BCUT2D eigenvalue weighted by molar-refractivity contribution is 6.30. The number of nitrogen functional groups attached to an aromatic ring is 1. The molecule has 0 aliphatic carbocycles. The maximum Gasteiger partial charge on any atom is 0.276 e. The second-order valence-electron chi connectivity index (χ2n) is 3.66. The van der Waals surface area contributed by atoms with Gasteiger partial charge in [0.2, 0.25) is 0 Å². The van der Waals surface area contributed by atoms with Crippen LogP contribution >= 0.6 is 11.6 Å². The van der Waals surface area contributed by atoms with Gasteiger partial charge in [-0.05, 0) is 18.2 Å². The third-order valence-electron chi connectivity index (χ3n) is 2.36. The minimum atomic E-state index is -0.604. The van der Waals surface area contributed by atoms with Crippen LogP contribution in [-0.4, -0.2) is 15.7 Å². The number of carbonyl (C=O) groups excluding carboxylic acids is 1. The van der Waals surface area contributed by atoms with Gasteiger partial charge in [-0.1, -0.05) is 11.6 Å². The van der Waals surface area contributed by atoms with Gasteiger partial charge in [-0.2, -0.15) is 5.10 Å². The monoisotopic (exact) mass is 268 g/mol. The molecule has 5 nitrogen and oxygen atoms in total. The molecule has 2 rings (SSSR count). The Balaban J connectivity index is 2.24. The van der Waals surface area contributed by atoms with E-state index in [-0.39, 0.29) is 16.4 Å². The molecule has 2 aromatic rings. The van der Waals surface area contributed by atoms with Crippen molar-refractivity contribution in [3.05, 3.63) is 40.9 Å². The second kappa shape index (κ2) is 4.66. The van der Waals surface area contributed by atoms with E-state index in [4.69, 9.17) is 17.3 Å². The molecule has 3 N–H and O–H groups in total. The summed E-state index contributed by atoms with van der Waals surface area (Å²) in [6.07, 6.45) is 1.37. The average Bonchev–Trinajstić information content (AvgIpc) is 2.64. The van der Waals surface area contributed by atoms with Crippen molar-refractivity contribution >= 4 is 28.9 Å². The van der Waals surface area contributed by atoms with Crippen molar-refractivity contribution in [1.82, 2.24) is 9.78 Å². The molecule has 0 saturated carbocycles. The van der Waals surface area contributed by atoms with Gasteiger partial charge in [0.25, 0.3) is 5.91 Å². The number of anilines is 2. The van der Waals surface area contributed by atoms with Gasteiger partial charge in [0, 0.05) is 12.7 Å². The normalized spacial score (nSPS) is 10.4. The first-order valence-corrected chi connectivity index (χ1v) is 5.40. The Morgan fingerprint density at radius 3 is 2.83 bits per heavy atom. The molecule has 1 amide bonds. The Bertz CT molecular complexity index is 592. The van der Waals surface area contributed by atoms with E-state index >= 15 is 0 Å². The lowest BCUT2D eigenvalue weighted by Crippen LogP contribution is -2.17. The SMILES string of the molecule is Cn1ncc(N)c1C(=O)Nc1ccc(Cl)c(F)c1. The lowest BCUT2D eigenvalue weighted by Gasteiger charge is -2.06. The number of nitrogens with zero attached hydrogens (tertiary/aromatic N) is 2. The lowest BCUT2D eigenvalue weighted by atomic mass is 10.3. The minimum Gasteiger partial charge on any atom is -0.396 e. The zero-order valence-corrected chi connectivity index (χ0v) is 10.2. The van der Waals surface area contributed by atoms with Crippen LogP contribution in [0, 0.1) is 5.82 Å². The van der Waals surface area contributed by atoms with E-state index in [1.807, 2.05) is 0 Å². The number of halogens is 2. The minimum absolute atomic E-state index is 0.00644. The van der Waals surface area contributed by atoms with Crippen LogP contribution in [-0.2, 0) is 7.05 Å². The summed E-state index contributed by atoms with van der Waals surface area (Å²) in [5.74, 6) is -1.07. The molecule has 0 aliphatic heterocycles. The molecule has 1 aromatic heterocycles. The predicted molar refractivity (Wildman–Crippen MR) is 67.0 cm³/mol. The summed E-state index contributed by atoms with van der Waals surface area (Å²) in [7, 11) is 1.59. The van der Waals surface area contributed by atoms with E-state index in [2.05, 4.69) is 10.4 Å². The highest BCUT2D eigenvalue weighted by Gasteiger charge is 2.15. The molecule has 94 valence electrons. The Morgan fingerprint density at radius 2 is 2.28 bits per heavy atom. The summed E-state index contributed by atoms with van der Waals surface area (Å²) in [4.78, 5) is 11.9. The van der Waals surface area contributed by atoms with Crippen LogP contribution in [0.5, 0.6) is 0 Å². The van der Waals surface area contributed by atoms with E-state index in [0.29, 0.717) is 5.69 Å². The van der Waals surface area contributed by atoms with E-state index in [1.165, 1.54) is 23.0 Å². The molecule has 0 aliphatic rings. The van der Waals surface area contributed by atoms with Crippen molar-refractivity contribution in [2.75, 3.05) is 11.1 Å². The van der Waals surface area contributed by atoms with Gasteiger partial charge in [0.1, 0.15) is 11.5 Å². The molecule has 0 bridgehead atoms. The highest BCUT2D eigenvalue weighted by atomic mass is 35.5. The van der Waals surface area contributed by atoms with Crippen molar-refractivity contribution < 1.29 is 9.18 Å². The van der Waals surface area contributed by atoms with Crippen molar-refractivity contribution in [2.24, 2.45) is 7.05 Å². The number of hydrogen-bond donors (Lipinski definition) is 2. The van der Waals surface area contributed by atoms with Crippen molar-refractivity contribution in [2.45, 2.75) is 0 Å². The number of aromatic nitrogens is 2. The fraction of sp³-hybridized carbons (Fsp3) is 0.0909. The van der Waals surface area contributed by atoms with E-state index in [1.54, 1.807) is 7.05 Å². The van der Waals surface area contributed by atoms with E-state index < -0.39 is 11.7 Å². The first kappa shape index (κ1) is 12.4. The molecule has 0 spiro atoms. The van der Waals surface area contributed by atoms with Crippen molar-refractivity contribution in [3.63, 3.8) is 0 Å². The Morgan fingerprint density at radius 1 is 1.56 bits per heavy atom. The van der Waals surface area contributed by atoms with Crippen LogP contribution in [0.25, 0.3) is 0 Å². The number of hydrogen-bond acceptors (Lipinski definition) is 3. The van der Waals surface area contributed by atoms with Gasteiger partial charge in [0.15, 0.2) is 0 Å². The zero-order chi connectivity index (χ0) is 13.3. The fourth-order valence-electron chi connectivity index (χ4n) is 1.50. The van der Waals surface area contributed by atoms with Crippen LogP contribution < -0.4 is 11.1 Å². The molecule has 1 aromatic carbocycles. The summed E-state index contributed by atoms with van der Waals surface area (Å²) in [6.45, 7) is 0. The number of benzene rings is 1. The number of amides is 1. The Labute approximate surface area is 107 Å². The largest absolute Gasteiger partial charge is 0.396 e. The maximum absolute atomic E-state index is 13.2. The molecule has 7 heteroatoms. The van der Waals surface area contributed by atoms with Crippen LogP contribution in [0.2, 0.25) is 5.02 Å². The lowest BCUT2D eigenvalue weighted by molar-refractivity contribution is 0.101. The molecule has 18 heavy (non-hydrogen) atoms. The zero-order valence-electron chi connectivity index (χ0n) is 9.45. The van der Waals surface area contributed by atoms with Crippen LogP contribution in [0.4, 0.5) is 15.8 Å².